The maximum Gasteiger partial charge on any atom is 0.258 e. The molecule has 1 aliphatic heterocycles. The lowest BCUT2D eigenvalue weighted by Crippen LogP contribution is -2.43. The predicted molar refractivity (Wildman–Crippen MR) is 124 cm³/mol. The van der Waals surface area contributed by atoms with Crippen LogP contribution in [0.25, 0.3) is 10.8 Å². The molecule has 1 aromatic heterocycles. The number of likely N-dealkylation sites (N-methyl/N-ethyl adjacent to an activating group) is 1. The van der Waals surface area contributed by atoms with Crippen LogP contribution in [-0.2, 0) is 0 Å². The van der Waals surface area contributed by atoms with E-state index in [1.54, 1.807) is 6.07 Å². The Bertz CT molecular complexity index is 1100. The standard InChI is InChI=1S/C24H33FN4O3/c1-5-27-22(13-30)26-29(24(27)32)21-11-16-17(10-19(21)25)23(31)28(12-18(16)14(2)3)20-9-7-6-8-15(20)4/h10-12,14-15,20,24,30,32H,5-9,13H2,1-4H3/t15-,20-,24?/m1/s1. The first kappa shape index (κ1) is 22.7. The third-order valence-electron chi connectivity index (χ3n) is 6.97. The number of aliphatic hydroxyl groups is 2. The van der Waals surface area contributed by atoms with E-state index in [9.17, 15) is 15.0 Å². The Morgan fingerprint density at radius 1 is 1.22 bits per heavy atom. The van der Waals surface area contributed by atoms with Gasteiger partial charge in [-0.15, -0.1) is 0 Å². The van der Waals surface area contributed by atoms with E-state index in [1.807, 2.05) is 17.7 Å². The Morgan fingerprint density at radius 3 is 2.53 bits per heavy atom. The first-order valence-corrected chi connectivity index (χ1v) is 11.6. The number of pyridine rings is 1. The van der Waals surface area contributed by atoms with Crippen LogP contribution in [0.5, 0.6) is 0 Å². The number of nitrogens with zero attached hydrogens (tertiary/aromatic N) is 4. The Balaban J connectivity index is 1.89. The maximum absolute atomic E-state index is 15.3. The van der Waals surface area contributed by atoms with Gasteiger partial charge < -0.3 is 19.7 Å². The van der Waals surface area contributed by atoms with Gasteiger partial charge in [0.25, 0.3) is 5.56 Å². The molecule has 3 atom stereocenters. The average Bonchev–Trinajstić information content (AvgIpc) is 3.09. The van der Waals surface area contributed by atoms with Gasteiger partial charge in [-0.1, -0.05) is 33.6 Å². The fourth-order valence-corrected chi connectivity index (χ4v) is 5.13. The van der Waals surface area contributed by atoms with Gasteiger partial charge in [-0.3, -0.25) is 4.79 Å². The predicted octanol–water partition coefficient (Wildman–Crippen LogP) is 3.74. The number of fused-ring (bicyclic) bond motifs is 1. The van der Waals surface area contributed by atoms with Crippen molar-refractivity contribution in [2.45, 2.75) is 71.7 Å². The molecule has 0 amide bonds. The topological polar surface area (TPSA) is 81.3 Å². The van der Waals surface area contributed by atoms with Crippen LogP contribution in [0.2, 0.25) is 0 Å². The molecule has 0 radical (unpaired) electrons. The van der Waals surface area contributed by atoms with Gasteiger partial charge in [0, 0.05) is 18.8 Å². The lowest BCUT2D eigenvalue weighted by Gasteiger charge is -2.31. The summed E-state index contributed by atoms with van der Waals surface area (Å²) in [7, 11) is 0. The van der Waals surface area contributed by atoms with E-state index >= 15 is 4.39 Å². The Labute approximate surface area is 187 Å². The molecular weight excluding hydrogens is 411 g/mol. The van der Waals surface area contributed by atoms with Gasteiger partial charge in [0.1, 0.15) is 18.1 Å². The van der Waals surface area contributed by atoms with Crippen molar-refractivity contribution in [2.75, 3.05) is 18.2 Å². The van der Waals surface area contributed by atoms with Crippen LogP contribution < -0.4 is 10.6 Å². The van der Waals surface area contributed by atoms with Crippen molar-refractivity contribution in [1.29, 1.82) is 0 Å². The minimum absolute atomic E-state index is 0.0805. The summed E-state index contributed by atoms with van der Waals surface area (Å²) in [5, 5.41) is 26.7. The minimum Gasteiger partial charge on any atom is -0.388 e. The number of hydrogen-bond acceptors (Lipinski definition) is 6. The quantitative estimate of drug-likeness (QED) is 0.734. The van der Waals surface area contributed by atoms with E-state index in [-0.39, 0.29) is 35.6 Å². The number of amidine groups is 1. The Hall–Kier alpha value is -2.45. The molecule has 1 aromatic carbocycles. The smallest absolute Gasteiger partial charge is 0.258 e. The highest BCUT2D eigenvalue weighted by Crippen LogP contribution is 2.36. The van der Waals surface area contributed by atoms with Gasteiger partial charge in [0.15, 0.2) is 5.84 Å². The van der Waals surface area contributed by atoms with Crippen LogP contribution in [0.3, 0.4) is 0 Å². The molecule has 2 aromatic rings. The van der Waals surface area contributed by atoms with E-state index in [1.165, 1.54) is 22.4 Å². The van der Waals surface area contributed by atoms with E-state index in [2.05, 4.69) is 25.9 Å². The third kappa shape index (κ3) is 3.69. The summed E-state index contributed by atoms with van der Waals surface area (Å²) in [5.74, 6) is 0.157. The fourth-order valence-electron chi connectivity index (χ4n) is 5.13. The second-order valence-electron chi connectivity index (χ2n) is 9.28. The van der Waals surface area contributed by atoms with E-state index in [4.69, 9.17) is 0 Å². The van der Waals surface area contributed by atoms with Crippen LogP contribution in [0, 0.1) is 11.7 Å². The molecule has 0 bridgehead atoms. The van der Waals surface area contributed by atoms with Crippen molar-refractivity contribution in [3.8, 4) is 0 Å². The molecule has 7 nitrogen and oxygen atoms in total. The van der Waals surface area contributed by atoms with Crippen molar-refractivity contribution in [1.82, 2.24) is 9.47 Å². The molecule has 4 rings (SSSR count). The second kappa shape index (κ2) is 8.83. The molecule has 174 valence electrons. The zero-order valence-electron chi connectivity index (χ0n) is 19.3. The summed E-state index contributed by atoms with van der Waals surface area (Å²) in [5.41, 5.74) is 0.869. The summed E-state index contributed by atoms with van der Waals surface area (Å²) >= 11 is 0. The number of aliphatic hydroxyl groups excluding tert-OH is 2. The zero-order valence-corrected chi connectivity index (χ0v) is 19.3. The fraction of sp³-hybridized carbons (Fsp3) is 0.583. The lowest BCUT2D eigenvalue weighted by molar-refractivity contribution is 0.0649. The summed E-state index contributed by atoms with van der Waals surface area (Å²) in [6.07, 6.45) is 5.04. The highest BCUT2D eigenvalue weighted by Gasteiger charge is 2.34. The van der Waals surface area contributed by atoms with Gasteiger partial charge in [0.05, 0.1) is 5.39 Å². The van der Waals surface area contributed by atoms with E-state index in [0.29, 0.717) is 23.2 Å². The average molecular weight is 445 g/mol. The number of hydrogen-bond donors (Lipinski definition) is 2. The summed E-state index contributed by atoms with van der Waals surface area (Å²) in [6.45, 7) is 8.17. The Morgan fingerprint density at radius 2 is 1.94 bits per heavy atom. The first-order chi connectivity index (χ1) is 15.3. The first-order valence-electron chi connectivity index (χ1n) is 11.6. The highest BCUT2D eigenvalue weighted by molar-refractivity contribution is 5.91. The van der Waals surface area contributed by atoms with E-state index in [0.717, 1.165) is 24.8 Å². The molecule has 1 aliphatic carbocycles. The van der Waals surface area contributed by atoms with Crippen LogP contribution >= 0.6 is 0 Å². The minimum atomic E-state index is -1.22. The zero-order chi connectivity index (χ0) is 23.2. The summed E-state index contributed by atoms with van der Waals surface area (Å²) in [6, 6.07) is 3.01. The third-order valence-corrected chi connectivity index (χ3v) is 6.97. The van der Waals surface area contributed by atoms with Crippen LogP contribution in [-0.4, -0.2) is 45.0 Å². The molecule has 0 spiro atoms. The highest BCUT2D eigenvalue weighted by atomic mass is 19.1. The number of rotatable bonds is 5. The molecule has 2 heterocycles. The van der Waals surface area contributed by atoms with Crippen LogP contribution in [0.4, 0.5) is 10.1 Å². The number of halogens is 1. The number of aromatic nitrogens is 1. The lowest BCUT2D eigenvalue weighted by atomic mass is 9.85. The van der Waals surface area contributed by atoms with Gasteiger partial charge >= 0.3 is 0 Å². The van der Waals surface area contributed by atoms with Gasteiger partial charge in [0.2, 0.25) is 6.35 Å². The monoisotopic (exact) mass is 444 g/mol. The van der Waals surface area contributed by atoms with Crippen molar-refractivity contribution >= 4 is 22.3 Å². The number of hydrazone groups is 1. The van der Waals surface area contributed by atoms with E-state index < -0.39 is 12.2 Å². The molecule has 32 heavy (non-hydrogen) atoms. The SMILES string of the molecule is CCN1C(CO)=NN(c2cc3c(C(C)C)cn([C@@H]4CCCC[C@H]4C)c(=O)c3cc2F)C1O. The largest absolute Gasteiger partial charge is 0.388 e. The number of anilines is 1. The molecule has 8 heteroatoms. The molecular formula is C24H33FN4O3. The normalized spacial score (nSPS) is 24.0. The van der Waals surface area contributed by atoms with Crippen molar-refractivity contribution in [2.24, 2.45) is 11.0 Å². The second-order valence-corrected chi connectivity index (χ2v) is 9.28. The molecule has 0 saturated heterocycles. The van der Waals surface area contributed by atoms with Crippen molar-refractivity contribution < 1.29 is 14.6 Å². The van der Waals surface area contributed by atoms with Crippen molar-refractivity contribution in [3.05, 3.63) is 40.1 Å². The summed E-state index contributed by atoms with van der Waals surface area (Å²) in [4.78, 5) is 15.0. The summed E-state index contributed by atoms with van der Waals surface area (Å²) < 4.78 is 17.1. The van der Waals surface area contributed by atoms with Crippen molar-refractivity contribution in [3.63, 3.8) is 0 Å². The number of benzene rings is 1. The van der Waals surface area contributed by atoms with Gasteiger partial charge in [-0.2, -0.15) is 5.10 Å². The van der Waals surface area contributed by atoms with Crippen LogP contribution in [0.15, 0.2) is 28.2 Å². The van der Waals surface area contributed by atoms with Gasteiger partial charge in [-0.25, -0.2) is 9.40 Å². The van der Waals surface area contributed by atoms with Crippen LogP contribution in [0.1, 0.15) is 70.9 Å². The maximum atomic E-state index is 15.3. The molecule has 2 N–H and O–H groups in total. The molecule has 1 fully saturated rings. The Kier molecular flexibility index (Phi) is 6.27. The molecule has 1 saturated carbocycles. The van der Waals surface area contributed by atoms with Gasteiger partial charge in [-0.05, 0) is 54.7 Å². The molecule has 2 aliphatic rings. The molecule has 1 unspecified atom stereocenters.